The van der Waals surface area contributed by atoms with Crippen molar-refractivity contribution in [3.63, 3.8) is 0 Å². The summed E-state index contributed by atoms with van der Waals surface area (Å²) in [6.45, 7) is 4.53. The Kier molecular flexibility index (Phi) is 8.94. The Hall–Kier alpha value is -3.75. The number of halogens is 2. The number of carboxylic acids is 1. The third-order valence-corrected chi connectivity index (χ3v) is 5.29. The second kappa shape index (κ2) is 12.1. The van der Waals surface area contributed by atoms with Gasteiger partial charge in [0.25, 0.3) is 0 Å². The molecule has 186 valence electrons. The van der Waals surface area contributed by atoms with Gasteiger partial charge in [-0.2, -0.15) is 5.10 Å². The SMILES string of the molecule is CC(C)C[C@@H](COc1cnn(-c2ccc(F)cc2F)c1)Nc1ccc(C(=O)CCCC(=O)O)cc1. The van der Waals surface area contributed by atoms with E-state index in [1.54, 1.807) is 12.1 Å². The molecular formula is C26H29F2N3O4. The largest absolute Gasteiger partial charge is 0.488 e. The second-order valence-corrected chi connectivity index (χ2v) is 8.75. The Balaban J connectivity index is 1.59. The monoisotopic (exact) mass is 485 g/mol. The van der Waals surface area contributed by atoms with Gasteiger partial charge in [0.1, 0.15) is 18.1 Å². The number of aromatic nitrogens is 2. The van der Waals surface area contributed by atoms with Gasteiger partial charge < -0.3 is 15.2 Å². The maximum absolute atomic E-state index is 14.0. The van der Waals surface area contributed by atoms with E-state index in [1.807, 2.05) is 12.1 Å². The number of ether oxygens (including phenoxy) is 1. The van der Waals surface area contributed by atoms with E-state index in [-0.39, 0.29) is 30.4 Å². The Morgan fingerprint density at radius 1 is 1.11 bits per heavy atom. The van der Waals surface area contributed by atoms with Gasteiger partial charge >= 0.3 is 5.97 Å². The average Bonchev–Trinajstić information content (AvgIpc) is 3.26. The number of aliphatic carboxylic acids is 1. The normalized spacial score (nSPS) is 11.9. The molecule has 3 aromatic rings. The molecule has 1 heterocycles. The highest BCUT2D eigenvalue weighted by atomic mass is 19.1. The lowest BCUT2D eigenvalue weighted by Crippen LogP contribution is -2.28. The van der Waals surface area contributed by atoms with Crippen molar-refractivity contribution in [3.8, 4) is 11.4 Å². The molecule has 0 unspecified atom stereocenters. The third kappa shape index (κ3) is 7.91. The molecule has 0 amide bonds. The van der Waals surface area contributed by atoms with Crippen molar-refractivity contribution in [2.45, 2.75) is 45.6 Å². The molecule has 1 atom stereocenters. The van der Waals surface area contributed by atoms with E-state index in [1.165, 1.54) is 23.1 Å². The smallest absolute Gasteiger partial charge is 0.303 e. The summed E-state index contributed by atoms with van der Waals surface area (Å²) >= 11 is 0. The summed E-state index contributed by atoms with van der Waals surface area (Å²) in [6, 6.07) is 10.3. The number of anilines is 1. The van der Waals surface area contributed by atoms with E-state index in [0.717, 1.165) is 24.2 Å². The van der Waals surface area contributed by atoms with Crippen LogP contribution in [0.15, 0.2) is 54.9 Å². The van der Waals surface area contributed by atoms with E-state index in [0.29, 0.717) is 30.3 Å². The number of nitrogens with zero attached hydrogens (tertiary/aromatic N) is 2. The first-order chi connectivity index (χ1) is 16.7. The van der Waals surface area contributed by atoms with Crippen molar-refractivity contribution in [2.75, 3.05) is 11.9 Å². The number of carbonyl (C=O) groups is 2. The highest BCUT2D eigenvalue weighted by Crippen LogP contribution is 2.20. The van der Waals surface area contributed by atoms with Crippen molar-refractivity contribution in [1.82, 2.24) is 9.78 Å². The summed E-state index contributed by atoms with van der Waals surface area (Å²) in [6.07, 6.45) is 4.30. The minimum Gasteiger partial charge on any atom is -0.488 e. The van der Waals surface area contributed by atoms with Crippen molar-refractivity contribution < 1.29 is 28.2 Å². The second-order valence-electron chi connectivity index (χ2n) is 8.75. The molecule has 35 heavy (non-hydrogen) atoms. The standard InChI is InChI=1S/C26H29F2N3O4/c1-17(2)12-21(30-20-9-6-18(7-10-20)25(32)4-3-5-26(33)34)16-35-22-14-29-31(15-22)24-11-8-19(27)13-23(24)28/h6-11,13-15,17,21,30H,3-5,12,16H2,1-2H3,(H,33,34)/t21-/m0/s1. The molecule has 0 aliphatic carbocycles. The molecule has 0 bridgehead atoms. The minimum absolute atomic E-state index is 0.0278. The number of hydrogen-bond acceptors (Lipinski definition) is 5. The van der Waals surface area contributed by atoms with Crippen LogP contribution in [0.1, 0.15) is 49.9 Å². The Bertz CT molecular complexity index is 1150. The molecule has 2 aromatic carbocycles. The highest BCUT2D eigenvalue weighted by Gasteiger charge is 2.15. The van der Waals surface area contributed by atoms with Crippen LogP contribution in [0.4, 0.5) is 14.5 Å². The van der Waals surface area contributed by atoms with Crippen LogP contribution >= 0.6 is 0 Å². The number of rotatable bonds is 13. The van der Waals surface area contributed by atoms with E-state index in [4.69, 9.17) is 9.84 Å². The number of benzene rings is 2. The van der Waals surface area contributed by atoms with Gasteiger partial charge in [0.2, 0.25) is 0 Å². The Morgan fingerprint density at radius 3 is 2.51 bits per heavy atom. The zero-order chi connectivity index (χ0) is 25.4. The van der Waals surface area contributed by atoms with Crippen LogP contribution < -0.4 is 10.1 Å². The molecule has 0 aliphatic rings. The van der Waals surface area contributed by atoms with Crippen LogP contribution in [0, 0.1) is 17.6 Å². The lowest BCUT2D eigenvalue weighted by molar-refractivity contribution is -0.137. The fourth-order valence-corrected chi connectivity index (χ4v) is 3.65. The van der Waals surface area contributed by atoms with E-state index in [9.17, 15) is 18.4 Å². The summed E-state index contributed by atoms with van der Waals surface area (Å²) < 4.78 is 34.4. The summed E-state index contributed by atoms with van der Waals surface area (Å²) in [4.78, 5) is 22.8. The number of Topliss-reactive ketones (excluding diaryl/α,β-unsaturated/α-hetero) is 1. The first-order valence-electron chi connectivity index (χ1n) is 11.5. The maximum Gasteiger partial charge on any atom is 0.303 e. The molecule has 2 N–H and O–H groups in total. The Labute approximate surface area is 202 Å². The predicted octanol–water partition coefficient (Wildman–Crippen LogP) is 5.49. The molecule has 0 saturated heterocycles. The summed E-state index contributed by atoms with van der Waals surface area (Å²) in [5.41, 5.74) is 1.49. The highest BCUT2D eigenvalue weighted by molar-refractivity contribution is 5.96. The minimum atomic E-state index is -0.911. The van der Waals surface area contributed by atoms with Crippen LogP contribution in [0.3, 0.4) is 0 Å². The molecule has 3 rings (SSSR count). The van der Waals surface area contributed by atoms with E-state index in [2.05, 4.69) is 24.3 Å². The molecule has 0 radical (unpaired) electrons. The van der Waals surface area contributed by atoms with Crippen LogP contribution in [-0.4, -0.2) is 39.3 Å². The molecule has 0 aliphatic heterocycles. The summed E-state index contributed by atoms with van der Waals surface area (Å²) in [5, 5.41) is 16.2. The molecule has 0 spiro atoms. The lowest BCUT2D eigenvalue weighted by Gasteiger charge is -2.22. The van der Waals surface area contributed by atoms with E-state index >= 15 is 0 Å². The van der Waals surface area contributed by atoms with Gasteiger partial charge in [-0.15, -0.1) is 0 Å². The zero-order valence-electron chi connectivity index (χ0n) is 19.7. The van der Waals surface area contributed by atoms with Crippen LogP contribution in [-0.2, 0) is 4.79 Å². The number of hydrogen-bond donors (Lipinski definition) is 2. The van der Waals surface area contributed by atoms with Gasteiger partial charge in [0.05, 0.1) is 18.4 Å². The van der Waals surface area contributed by atoms with Gasteiger partial charge in [0, 0.05) is 30.2 Å². The van der Waals surface area contributed by atoms with E-state index < -0.39 is 17.6 Å². The first kappa shape index (κ1) is 25.9. The fourth-order valence-electron chi connectivity index (χ4n) is 3.65. The number of nitrogens with one attached hydrogen (secondary N) is 1. The molecule has 1 aromatic heterocycles. The fraction of sp³-hybridized carbons (Fsp3) is 0.346. The van der Waals surface area contributed by atoms with Crippen molar-refractivity contribution in [1.29, 1.82) is 0 Å². The predicted molar refractivity (Wildman–Crippen MR) is 128 cm³/mol. The molecule has 0 fully saturated rings. The molecular weight excluding hydrogens is 456 g/mol. The van der Waals surface area contributed by atoms with Gasteiger partial charge in [-0.05, 0) is 55.2 Å². The van der Waals surface area contributed by atoms with Crippen LogP contribution in [0.2, 0.25) is 0 Å². The summed E-state index contributed by atoms with van der Waals surface area (Å²) in [7, 11) is 0. The van der Waals surface area contributed by atoms with Crippen LogP contribution in [0.5, 0.6) is 5.75 Å². The van der Waals surface area contributed by atoms with Crippen LogP contribution in [0.25, 0.3) is 5.69 Å². The number of ketones is 1. The van der Waals surface area contributed by atoms with Crippen molar-refractivity contribution in [2.24, 2.45) is 5.92 Å². The molecule has 0 saturated carbocycles. The van der Waals surface area contributed by atoms with Gasteiger partial charge in [-0.1, -0.05) is 13.8 Å². The lowest BCUT2D eigenvalue weighted by atomic mass is 10.0. The average molecular weight is 486 g/mol. The number of carbonyl (C=O) groups excluding carboxylic acids is 1. The Morgan fingerprint density at radius 2 is 1.86 bits per heavy atom. The third-order valence-electron chi connectivity index (χ3n) is 5.29. The molecule has 7 nitrogen and oxygen atoms in total. The van der Waals surface area contributed by atoms with Gasteiger partial charge in [-0.3, -0.25) is 9.59 Å². The zero-order valence-corrected chi connectivity index (χ0v) is 19.7. The summed E-state index contributed by atoms with van der Waals surface area (Å²) in [5.74, 6) is -1.54. The van der Waals surface area contributed by atoms with Gasteiger partial charge in [0.15, 0.2) is 17.3 Å². The number of carboxylic acid groups (broad SMARTS) is 1. The molecule has 9 heteroatoms. The van der Waals surface area contributed by atoms with Crippen molar-refractivity contribution in [3.05, 3.63) is 72.1 Å². The maximum atomic E-state index is 14.0. The quantitative estimate of drug-likeness (QED) is 0.311. The first-order valence-corrected chi connectivity index (χ1v) is 11.5. The topological polar surface area (TPSA) is 93.5 Å². The van der Waals surface area contributed by atoms with Crippen molar-refractivity contribution >= 4 is 17.4 Å². The van der Waals surface area contributed by atoms with Gasteiger partial charge in [-0.25, -0.2) is 13.5 Å².